The number of anilines is 1. The first kappa shape index (κ1) is 13.1. The first-order valence-corrected chi connectivity index (χ1v) is 6.95. The fraction of sp³-hybridized carbons (Fsp3) is 0.133. The fourth-order valence-corrected chi connectivity index (χ4v) is 2.58. The van der Waals surface area contributed by atoms with Crippen LogP contribution in [0.2, 0.25) is 0 Å². The van der Waals surface area contributed by atoms with Gasteiger partial charge in [0.2, 0.25) is 0 Å². The van der Waals surface area contributed by atoms with E-state index in [2.05, 4.69) is 20.9 Å². The third-order valence-electron chi connectivity index (χ3n) is 3.21. The Balaban J connectivity index is 2.14. The molecule has 0 bridgehead atoms. The molecule has 0 spiro atoms. The van der Waals surface area contributed by atoms with Gasteiger partial charge in [0.15, 0.2) is 5.82 Å². The second-order valence-corrected chi connectivity index (χ2v) is 5.70. The van der Waals surface area contributed by atoms with Crippen LogP contribution in [0.1, 0.15) is 0 Å². The first-order valence-electron chi connectivity index (χ1n) is 6.16. The maximum absolute atomic E-state index is 13.8. The number of imidazole rings is 1. The molecule has 20 heavy (non-hydrogen) atoms. The smallest absolute Gasteiger partial charge is 0.152 e. The van der Waals surface area contributed by atoms with Gasteiger partial charge in [-0.2, -0.15) is 0 Å². The first-order chi connectivity index (χ1) is 9.56. The molecule has 0 saturated heterocycles. The zero-order valence-corrected chi connectivity index (χ0v) is 12.7. The van der Waals surface area contributed by atoms with E-state index in [0.29, 0.717) is 9.99 Å². The molecular weight excluding hydrogens is 321 g/mol. The van der Waals surface area contributed by atoms with Crippen LogP contribution in [0.3, 0.4) is 0 Å². The lowest BCUT2D eigenvalue weighted by molar-refractivity contribution is 0.636. The van der Waals surface area contributed by atoms with E-state index in [-0.39, 0.29) is 5.82 Å². The monoisotopic (exact) mass is 333 g/mol. The minimum atomic E-state index is -0.321. The van der Waals surface area contributed by atoms with Crippen LogP contribution >= 0.6 is 15.9 Å². The lowest BCUT2D eigenvalue weighted by atomic mass is 10.2. The summed E-state index contributed by atoms with van der Waals surface area (Å²) in [6, 6.07) is 11.3. The van der Waals surface area contributed by atoms with Crippen LogP contribution in [0, 0.1) is 5.82 Å². The van der Waals surface area contributed by atoms with E-state index in [0.717, 1.165) is 16.9 Å². The second-order valence-electron chi connectivity index (χ2n) is 4.78. The van der Waals surface area contributed by atoms with Gasteiger partial charge in [-0.1, -0.05) is 15.9 Å². The van der Waals surface area contributed by atoms with Crippen LogP contribution in [0.15, 0.2) is 47.2 Å². The van der Waals surface area contributed by atoms with Crippen molar-refractivity contribution >= 4 is 32.7 Å². The van der Waals surface area contributed by atoms with Gasteiger partial charge in [0.1, 0.15) is 11.8 Å². The van der Waals surface area contributed by atoms with Crippen molar-refractivity contribution in [2.45, 2.75) is 0 Å². The maximum atomic E-state index is 13.8. The highest BCUT2D eigenvalue weighted by Crippen LogP contribution is 2.25. The molecule has 0 aliphatic rings. The summed E-state index contributed by atoms with van der Waals surface area (Å²) in [5.74, 6) is -0.321. The van der Waals surface area contributed by atoms with Gasteiger partial charge in [0.05, 0.1) is 5.52 Å². The average molecular weight is 334 g/mol. The van der Waals surface area contributed by atoms with E-state index in [4.69, 9.17) is 0 Å². The van der Waals surface area contributed by atoms with E-state index < -0.39 is 0 Å². The standard InChI is InChI=1S/C15H13BrFN3/c1-19(2)11-3-5-12(6-4-11)20-9-18-15-13(17)7-10(16)8-14(15)20/h3-9H,1-2H3. The molecule has 0 N–H and O–H groups in total. The molecule has 0 fully saturated rings. The number of rotatable bonds is 2. The van der Waals surface area contributed by atoms with Crippen LogP contribution in [0.25, 0.3) is 16.7 Å². The van der Waals surface area contributed by atoms with E-state index in [1.807, 2.05) is 53.9 Å². The summed E-state index contributed by atoms with van der Waals surface area (Å²) in [6.45, 7) is 0. The molecule has 2 aromatic carbocycles. The number of halogens is 2. The van der Waals surface area contributed by atoms with Gasteiger partial charge in [0.25, 0.3) is 0 Å². The summed E-state index contributed by atoms with van der Waals surface area (Å²) in [5.41, 5.74) is 3.19. The van der Waals surface area contributed by atoms with Gasteiger partial charge in [0, 0.05) is 29.9 Å². The number of nitrogens with zero attached hydrogens (tertiary/aromatic N) is 3. The molecule has 102 valence electrons. The predicted octanol–water partition coefficient (Wildman–Crippen LogP) is 3.99. The van der Waals surface area contributed by atoms with Crippen LogP contribution in [-0.2, 0) is 0 Å². The summed E-state index contributed by atoms with van der Waals surface area (Å²) in [5, 5.41) is 0. The Morgan fingerprint density at radius 3 is 2.50 bits per heavy atom. The van der Waals surface area contributed by atoms with E-state index >= 15 is 0 Å². The third-order valence-corrected chi connectivity index (χ3v) is 3.67. The zero-order chi connectivity index (χ0) is 14.3. The van der Waals surface area contributed by atoms with Gasteiger partial charge in [-0.3, -0.25) is 4.57 Å². The van der Waals surface area contributed by atoms with Crippen LogP contribution < -0.4 is 4.90 Å². The predicted molar refractivity (Wildman–Crippen MR) is 83.1 cm³/mol. The van der Waals surface area contributed by atoms with Crippen molar-refractivity contribution < 1.29 is 4.39 Å². The molecule has 1 heterocycles. The highest BCUT2D eigenvalue weighted by Gasteiger charge is 2.10. The van der Waals surface area contributed by atoms with Crippen molar-refractivity contribution in [1.82, 2.24) is 9.55 Å². The van der Waals surface area contributed by atoms with Crippen molar-refractivity contribution in [1.29, 1.82) is 0 Å². The topological polar surface area (TPSA) is 21.1 Å². The molecule has 0 unspecified atom stereocenters. The number of aromatic nitrogens is 2. The Kier molecular flexibility index (Phi) is 3.22. The summed E-state index contributed by atoms with van der Waals surface area (Å²) >= 11 is 3.32. The minimum absolute atomic E-state index is 0.321. The molecule has 0 amide bonds. The largest absolute Gasteiger partial charge is 0.378 e. The highest BCUT2D eigenvalue weighted by atomic mass is 79.9. The van der Waals surface area contributed by atoms with Crippen molar-refractivity contribution in [2.75, 3.05) is 19.0 Å². The molecule has 0 saturated carbocycles. The van der Waals surface area contributed by atoms with Crippen LogP contribution in [-0.4, -0.2) is 23.6 Å². The second kappa shape index (κ2) is 4.90. The van der Waals surface area contributed by atoms with Crippen LogP contribution in [0.5, 0.6) is 0 Å². The normalized spacial score (nSPS) is 11.0. The summed E-state index contributed by atoms with van der Waals surface area (Å²) in [6.07, 6.45) is 1.64. The highest BCUT2D eigenvalue weighted by molar-refractivity contribution is 9.10. The lowest BCUT2D eigenvalue weighted by Gasteiger charge is -2.13. The molecule has 3 aromatic rings. The van der Waals surface area contributed by atoms with E-state index in [9.17, 15) is 4.39 Å². The van der Waals surface area contributed by atoms with Crippen molar-refractivity contribution in [3.05, 3.63) is 53.0 Å². The molecule has 0 aliphatic heterocycles. The molecular formula is C15H13BrFN3. The Labute approximate surface area is 124 Å². The van der Waals surface area contributed by atoms with Gasteiger partial charge in [-0.15, -0.1) is 0 Å². The number of fused-ring (bicyclic) bond motifs is 1. The van der Waals surface area contributed by atoms with Gasteiger partial charge < -0.3 is 4.90 Å². The molecule has 0 aliphatic carbocycles. The van der Waals surface area contributed by atoms with E-state index in [1.165, 1.54) is 6.07 Å². The summed E-state index contributed by atoms with van der Waals surface area (Å²) in [4.78, 5) is 6.18. The van der Waals surface area contributed by atoms with Crippen molar-refractivity contribution in [2.24, 2.45) is 0 Å². The Morgan fingerprint density at radius 1 is 1.15 bits per heavy atom. The zero-order valence-electron chi connectivity index (χ0n) is 11.1. The lowest BCUT2D eigenvalue weighted by Crippen LogP contribution is -2.08. The Morgan fingerprint density at radius 2 is 1.85 bits per heavy atom. The summed E-state index contributed by atoms with van der Waals surface area (Å²) in [7, 11) is 3.99. The van der Waals surface area contributed by atoms with Crippen molar-refractivity contribution in [3.63, 3.8) is 0 Å². The molecule has 0 atom stereocenters. The quantitative estimate of drug-likeness (QED) is 0.706. The average Bonchev–Trinajstić information content (AvgIpc) is 2.82. The van der Waals surface area contributed by atoms with Gasteiger partial charge in [-0.25, -0.2) is 9.37 Å². The number of benzene rings is 2. The molecule has 3 rings (SSSR count). The maximum Gasteiger partial charge on any atom is 0.152 e. The molecule has 1 aromatic heterocycles. The van der Waals surface area contributed by atoms with Crippen molar-refractivity contribution in [3.8, 4) is 5.69 Å². The van der Waals surface area contributed by atoms with Gasteiger partial charge >= 0.3 is 0 Å². The van der Waals surface area contributed by atoms with E-state index in [1.54, 1.807) is 6.33 Å². The molecule has 3 nitrogen and oxygen atoms in total. The summed E-state index contributed by atoms with van der Waals surface area (Å²) < 4.78 is 16.4. The molecule has 0 radical (unpaired) electrons. The minimum Gasteiger partial charge on any atom is -0.378 e. The Hall–Kier alpha value is -1.88. The molecule has 5 heteroatoms. The SMILES string of the molecule is CN(C)c1ccc(-n2cnc3c(F)cc(Br)cc32)cc1. The Bertz CT molecular complexity index is 763. The third kappa shape index (κ3) is 2.18. The number of hydrogen-bond acceptors (Lipinski definition) is 2. The fourth-order valence-electron chi connectivity index (χ4n) is 2.16. The van der Waals surface area contributed by atoms with Crippen LogP contribution in [0.4, 0.5) is 10.1 Å². The van der Waals surface area contributed by atoms with Gasteiger partial charge in [-0.05, 0) is 36.4 Å². The number of hydrogen-bond donors (Lipinski definition) is 0.